The van der Waals surface area contributed by atoms with E-state index in [0.717, 1.165) is 33.4 Å². The first-order chi connectivity index (χ1) is 17.7. The highest BCUT2D eigenvalue weighted by Crippen LogP contribution is 2.17. The van der Waals surface area contributed by atoms with Crippen LogP contribution in [0.2, 0.25) is 0 Å². The van der Waals surface area contributed by atoms with E-state index in [2.05, 4.69) is 70.7 Å². The summed E-state index contributed by atoms with van der Waals surface area (Å²) in [4.78, 5) is 27.8. The van der Waals surface area contributed by atoms with Crippen molar-refractivity contribution in [1.82, 2.24) is 0 Å². The van der Waals surface area contributed by atoms with Gasteiger partial charge in [0.05, 0.1) is 11.4 Å². The smallest absolute Gasteiger partial charge is 0.211 e. The maximum Gasteiger partial charge on any atom is 0.240 e. The molecule has 4 nitrogen and oxygen atoms in total. The van der Waals surface area contributed by atoms with Gasteiger partial charge in [0.1, 0.15) is 0 Å². The number of aliphatic imine (C=N–C) groups is 2. The third-order valence-electron chi connectivity index (χ3n) is 5.41. The summed E-state index contributed by atoms with van der Waals surface area (Å²) < 4.78 is 0. The van der Waals surface area contributed by atoms with E-state index in [0.29, 0.717) is 11.4 Å². The molecule has 0 radical (unpaired) electrons. The van der Waals surface area contributed by atoms with Gasteiger partial charge in [-0.2, -0.15) is 9.98 Å². The first-order valence-corrected chi connectivity index (χ1v) is 11.3. The maximum atomic E-state index is 10.3. The van der Waals surface area contributed by atoms with Crippen molar-refractivity contribution in [3.05, 3.63) is 130 Å². The molecule has 0 amide bonds. The molecule has 0 bridgehead atoms. The van der Waals surface area contributed by atoms with Crippen LogP contribution in [0, 0.1) is 0 Å². The van der Waals surface area contributed by atoms with Crippen LogP contribution in [0.25, 0.3) is 36.5 Å². The summed E-state index contributed by atoms with van der Waals surface area (Å²) in [5.74, 6) is 0. The zero-order valence-electron chi connectivity index (χ0n) is 19.4. The molecule has 0 fully saturated rings. The molecule has 4 aromatic carbocycles. The molecule has 0 heterocycles. The van der Waals surface area contributed by atoms with Crippen molar-refractivity contribution >= 4 is 60.0 Å². The average Bonchev–Trinajstić information content (AvgIpc) is 2.93. The predicted molar refractivity (Wildman–Crippen MR) is 148 cm³/mol. The van der Waals surface area contributed by atoms with Crippen molar-refractivity contribution in [2.24, 2.45) is 9.98 Å². The van der Waals surface area contributed by atoms with Gasteiger partial charge in [0, 0.05) is 0 Å². The Balaban J connectivity index is 1.33. The molecule has 0 saturated carbocycles. The van der Waals surface area contributed by atoms with Crippen LogP contribution in [0.4, 0.5) is 11.4 Å². The third-order valence-corrected chi connectivity index (χ3v) is 5.41. The molecule has 0 saturated heterocycles. The van der Waals surface area contributed by atoms with Gasteiger partial charge in [-0.05, 0) is 57.6 Å². The van der Waals surface area contributed by atoms with E-state index >= 15 is 0 Å². The standard InChI is InChI=1S/C32H22N2O2/c35-23-33-31-19-15-29(16-20-31)13-11-27-7-3-25(4-8-27)1-2-26-5-9-28(10-6-26)12-14-30-17-21-32(22-18-30)34-24-36/h1-22H. The highest BCUT2D eigenvalue weighted by atomic mass is 16.1. The molecule has 0 aromatic heterocycles. The summed E-state index contributed by atoms with van der Waals surface area (Å²) in [6, 6.07) is 31.4. The van der Waals surface area contributed by atoms with Crippen LogP contribution in [0.3, 0.4) is 0 Å². The lowest BCUT2D eigenvalue weighted by Crippen LogP contribution is -1.77. The molecule has 4 rings (SSSR count). The summed E-state index contributed by atoms with van der Waals surface area (Å²) in [6.07, 6.45) is 15.4. The second-order valence-corrected chi connectivity index (χ2v) is 7.92. The fraction of sp³-hybridized carbons (Fsp3) is 0. The van der Waals surface area contributed by atoms with Gasteiger partial charge in [-0.3, -0.25) is 0 Å². The number of benzene rings is 4. The Labute approximate surface area is 210 Å². The van der Waals surface area contributed by atoms with Crippen LogP contribution in [0.5, 0.6) is 0 Å². The first kappa shape index (κ1) is 24.0. The van der Waals surface area contributed by atoms with Crippen LogP contribution >= 0.6 is 0 Å². The number of rotatable bonds is 8. The largest absolute Gasteiger partial charge is 0.240 e. The van der Waals surface area contributed by atoms with Crippen LogP contribution in [0.1, 0.15) is 33.4 Å². The molecule has 0 aliphatic heterocycles. The van der Waals surface area contributed by atoms with E-state index in [-0.39, 0.29) is 0 Å². The molecule has 36 heavy (non-hydrogen) atoms. The fourth-order valence-electron chi connectivity index (χ4n) is 3.44. The summed E-state index contributed by atoms with van der Waals surface area (Å²) in [7, 11) is 0. The van der Waals surface area contributed by atoms with Crippen LogP contribution in [0.15, 0.2) is 107 Å². The van der Waals surface area contributed by atoms with Gasteiger partial charge in [-0.1, -0.05) is 109 Å². The molecule has 0 N–H and O–H groups in total. The molecule has 172 valence electrons. The zero-order chi connectivity index (χ0) is 25.0. The first-order valence-electron chi connectivity index (χ1n) is 11.3. The number of nitrogens with zero attached hydrogens (tertiary/aromatic N) is 2. The molecule has 0 unspecified atom stereocenters. The van der Waals surface area contributed by atoms with E-state index < -0.39 is 0 Å². The topological polar surface area (TPSA) is 58.9 Å². The van der Waals surface area contributed by atoms with E-state index in [1.165, 1.54) is 0 Å². The molecule has 0 atom stereocenters. The normalized spacial score (nSPS) is 11.0. The Bertz CT molecular complexity index is 1360. The van der Waals surface area contributed by atoms with Crippen LogP contribution in [-0.2, 0) is 9.59 Å². The molecule has 0 aliphatic carbocycles. The molecule has 4 heteroatoms. The van der Waals surface area contributed by atoms with E-state index in [4.69, 9.17) is 0 Å². The highest BCUT2D eigenvalue weighted by Gasteiger charge is 1.94. The summed E-state index contributed by atoms with van der Waals surface area (Å²) >= 11 is 0. The Hall–Kier alpha value is -5.14. The lowest BCUT2D eigenvalue weighted by atomic mass is 10.1. The monoisotopic (exact) mass is 466 g/mol. The number of hydrogen-bond acceptors (Lipinski definition) is 4. The number of hydrogen-bond donors (Lipinski definition) is 0. The minimum absolute atomic E-state index is 0.596. The maximum absolute atomic E-state index is 10.3. The lowest BCUT2D eigenvalue weighted by molar-refractivity contribution is 0.564. The molecule has 4 aromatic rings. The quantitative estimate of drug-likeness (QED) is 0.149. The Morgan fingerprint density at radius 1 is 0.361 bits per heavy atom. The third kappa shape index (κ3) is 7.18. The summed E-state index contributed by atoms with van der Waals surface area (Å²) in [5.41, 5.74) is 7.70. The van der Waals surface area contributed by atoms with Crippen molar-refractivity contribution in [2.45, 2.75) is 0 Å². The summed E-state index contributed by atoms with van der Waals surface area (Å²) in [5, 5.41) is 0. The van der Waals surface area contributed by atoms with Gasteiger partial charge >= 0.3 is 0 Å². The van der Waals surface area contributed by atoms with Crippen molar-refractivity contribution in [3.8, 4) is 0 Å². The Morgan fingerprint density at radius 2 is 0.556 bits per heavy atom. The van der Waals surface area contributed by atoms with Crippen molar-refractivity contribution in [3.63, 3.8) is 0 Å². The molecule has 0 spiro atoms. The molecular formula is C32H22N2O2. The van der Waals surface area contributed by atoms with Gasteiger partial charge in [-0.15, -0.1) is 0 Å². The summed E-state index contributed by atoms with van der Waals surface area (Å²) in [6.45, 7) is 0. The van der Waals surface area contributed by atoms with Gasteiger partial charge in [0.15, 0.2) is 0 Å². The van der Waals surface area contributed by atoms with Crippen LogP contribution < -0.4 is 0 Å². The number of isocyanates is 2. The average molecular weight is 467 g/mol. The van der Waals surface area contributed by atoms with Gasteiger partial charge in [-0.25, -0.2) is 9.59 Å². The zero-order valence-corrected chi connectivity index (χ0v) is 19.4. The second-order valence-electron chi connectivity index (χ2n) is 7.92. The minimum atomic E-state index is 0.596. The second kappa shape index (κ2) is 12.4. The van der Waals surface area contributed by atoms with E-state index in [1.807, 2.05) is 48.6 Å². The molecular weight excluding hydrogens is 444 g/mol. The Kier molecular flexibility index (Phi) is 8.24. The molecule has 0 aliphatic rings. The Morgan fingerprint density at radius 3 is 0.750 bits per heavy atom. The van der Waals surface area contributed by atoms with Crippen molar-refractivity contribution in [1.29, 1.82) is 0 Å². The SMILES string of the molecule is O=C=Nc1ccc(C=Cc2ccc(C=Cc3ccc(C=Cc4ccc(N=C=O)cc4)cc3)cc2)cc1. The van der Waals surface area contributed by atoms with Crippen molar-refractivity contribution in [2.75, 3.05) is 0 Å². The van der Waals surface area contributed by atoms with Gasteiger partial charge < -0.3 is 0 Å². The van der Waals surface area contributed by atoms with Gasteiger partial charge in [0.2, 0.25) is 12.2 Å². The van der Waals surface area contributed by atoms with E-state index in [9.17, 15) is 9.59 Å². The predicted octanol–water partition coefficient (Wildman–Crippen LogP) is 8.13. The van der Waals surface area contributed by atoms with E-state index in [1.54, 1.807) is 36.4 Å². The van der Waals surface area contributed by atoms with Crippen LogP contribution in [-0.4, -0.2) is 12.2 Å². The van der Waals surface area contributed by atoms with Gasteiger partial charge in [0.25, 0.3) is 0 Å². The minimum Gasteiger partial charge on any atom is -0.211 e. The van der Waals surface area contributed by atoms with Crippen molar-refractivity contribution < 1.29 is 9.59 Å². The number of carbonyl (C=O) groups excluding carboxylic acids is 2. The highest BCUT2D eigenvalue weighted by molar-refractivity contribution is 5.75. The fourth-order valence-corrected chi connectivity index (χ4v) is 3.44. The lowest BCUT2D eigenvalue weighted by Gasteiger charge is -1.99.